The van der Waals surface area contributed by atoms with Crippen molar-refractivity contribution in [3.63, 3.8) is 0 Å². The Morgan fingerprint density at radius 1 is 1.17 bits per heavy atom. The minimum atomic E-state index is -4.04. The van der Waals surface area contributed by atoms with E-state index in [1.165, 1.54) is 25.1 Å². The van der Waals surface area contributed by atoms with E-state index in [-0.39, 0.29) is 33.9 Å². The standard InChI is InChI=1S/C18H23Cl2N3O6S/c1-11(17(25)23-18(26)22-12-5-2-3-6-12)29-15(24)9-10-21-30(27,28)16-13(19)7-4-8-14(16)20/h4,7-8,11-12,21H,2-3,5-6,9-10H2,1H3,(H2,22,23,25,26). The molecule has 3 amide bonds. The first kappa shape index (κ1) is 24.4. The molecular formula is C18H23Cl2N3O6S. The van der Waals surface area contributed by atoms with Crippen LogP contribution in [0.1, 0.15) is 39.0 Å². The summed E-state index contributed by atoms with van der Waals surface area (Å²) >= 11 is 11.8. The van der Waals surface area contributed by atoms with Crippen molar-refractivity contribution in [2.75, 3.05) is 6.54 Å². The van der Waals surface area contributed by atoms with Gasteiger partial charge in [0.2, 0.25) is 10.0 Å². The summed E-state index contributed by atoms with van der Waals surface area (Å²) in [5, 5.41) is 4.69. The van der Waals surface area contributed by atoms with Crippen LogP contribution in [0.15, 0.2) is 23.1 Å². The van der Waals surface area contributed by atoms with E-state index in [9.17, 15) is 22.8 Å². The van der Waals surface area contributed by atoms with Crippen molar-refractivity contribution < 1.29 is 27.5 Å². The van der Waals surface area contributed by atoms with E-state index < -0.39 is 34.0 Å². The van der Waals surface area contributed by atoms with Crippen LogP contribution < -0.4 is 15.4 Å². The Hall–Kier alpha value is -1.88. The van der Waals surface area contributed by atoms with Crippen molar-refractivity contribution >= 4 is 51.1 Å². The molecule has 1 aromatic carbocycles. The normalized spacial score (nSPS) is 15.4. The average Bonchev–Trinajstić information content (AvgIpc) is 3.13. The van der Waals surface area contributed by atoms with Crippen molar-refractivity contribution in [3.8, 4) is 0 Å². The van der Waals surface area contributed by atoms with Gasteiger partial charge in [-0.15, -0.1) is 0 Å². The van der Waals surface area contributed by atoms with Gasteiger partial charge in [0.1, 0.15) is 4.90 Å². The number of carbonyl (C=O) groups excluding carboxylic acids is 3. The third-order valence-corrected chi connectivity index (χ3v) is 6.83. The maximum Gasteiger partial charge on any atom is 0.321 e. The second kappa shape index (κ2) is 10.9. The number of benzene rings is 1. The largest absolute Gasteiger partial charge is 0.452 e. The van der Waals surface area contributed by atoms with Gasteiger partial charge in [0, 0.05) is 12.6 Å². The molecule has 0 spiro atoms. The average molecular weight is 480 g/mol. The van der Waals surface area contributed by atoms with Gasteiger partial charge in [0.05, 0.1) is 16.5 Å². The summed E-state index contributed by atoms with van der Waals surface area (Å²) in [7, 11) is -4.04. The van der Waals surface area contributed by atoms with Crippen molar-refractivity contribution in [2.45, 2.75) is 56.1 Å². The van der Waals surface area contributed by atoms with Crippen LogP contribution in [0.4, 0.5) is 4.79 Å². The third kappa shape index (κ3) is 7.12. The minimum absolute atomic E-state index is 0.0373. The molecule has 1 unspecified atom stereocenters. The SMILES string of the molecule is CC(OC(=O)CCNS(=O)(=O)c1c(Cl)cccc1Cl)C(=O)NC(=O)NC1CCCC1. The second-order valence-electron chi connectivity index (χ2n) is 6.77. The van der Waals surface area contributed by atoms with Crippen molar-refractivity contribution in [1.29, 1.82) is 0 Å². The van der Waals surface area contributed by atoms with E-state index in [4.69, 9.17) is 27.9 Å². The molecule has 1 atom stereocenters. The Balaban J connectivity index is 1.76. The molecule has 1 aromatic rings. The van der Waals surface area contributed by atoms with Gasteiger partial charge in [-0.05, 0) is 31.9 Å². The zero-order chi connectivity index (χ0) is 22.3. The van der Waals surface area contributed by atoms with Gasteiger partial charge in [-0.2, -0.15) is 0 Å². The van der Waals surface area contributed by atoms with Crippen molar-refractivity contribution in [1.82, 2.24) is 15.4 Å². The minimum Gasteiger partial charge on any atom is -0.452 e. The van der Waals surface area contributed by atoms with Crippen LogP contribution in [-0.2, 0) is 24.3 Å². The Morgan fingerprint density at radius 3 is 2.37 bits per heavy atom. The van der Waals surface area contributed by atoms with Gasteiger partial charge in [-0.3, -0.25) is 14.9 Å². The maximum atomic E-state index is 12.3. The first-order chi connectivity index (χ1) is 14.1. The van der Waals surface area contributed by atoms with Gasteiger partial charge in [-0.1, -0.05) is 42.1 Å². The number of sulfonamides is 1. The lowest BCUT2D eigenvalue weighted by Crippen LogP contribution is -2.47. The van der Waals surface area contributed by atoms with E-state index >= 15 is 0 Å². The molecule has 3 N–H and O–H groups in total. The van der Waals surface area contributed by atoms with Crippen LogP contribution in [0.2, 0.25) is 10.0 Å². The summed E-state index contributed by atoms with van der Waals surface area (Å²) < 4.78 is 31.8. The topological polar surface area (TPSA) is 131 Å². The first-order valence-corrected chi connectivity index (χ1v) is 11.6. The van der Waals surface area contributed by atoms with Crippen LogP contribution in [0.25, 0.3) is 0 Å². The predicted octanol–water partition coefficient (Wildman–Crippen LogP) is 2.36. The Kier molecular flexibility index (Phi) is 8.90. The van der Waals surface area contributed by atoms with Crippen LogP contribution >= 0.6 is 23.2 Å². The monoisotopic (exact) mass is 479 g/mol. The smallest absolute Gasteiger partial charge is 0.321 e. The summed E-state index contributed by atoms with van der Waals surface area (Å²) in [6.45, 7) is 1.02. The van der Waals surface area contributed by atoms with Gasteiger partial charge in [-0.25, -0.2) is 17.9 Å². The number of esters is 1. The number of halogens is 2. The van der Waals surface area contributed by atoms with E-state index in [2.05, 4.69) is 15.4 Å². The number of amides is 3. The number of ether oxygens (including phenoxy) is 1. The zero-order valence-corrected chi connectivity index (χ0v) is 18.6. The second-order valence-corrected chi connectivity index (χ2v) is 9.29. The number of hydrogen-bond acceptors (Lipinski definition) is 6. The molecule has 30 heavy (non-hydrogen) atoms. The Labute approximate surface area is 184 Å². The fraction of sp³-hybridized carbons (Fsp3) is 0.500. The molecule has 0 aliphatic heterocycles. The summed E-state index contributed by atoms with van der Waals surface area (Å²) in [5.74, 6) is -1.59. The van der Waals surface area contributed by atoms with Crippen molar-refractivity contribution in [3.05, 3.63) is 28.2 Å². The fourth-order valence-corrected chi connectivity index (χ4v) is 5.09. The highest BCUT2D eigenvalue weighted by Crippen LogP contribution is 2.28. The lowest BCUT2D eigenvalue weighted by atomic mass is 10.2. The summed E-state index contributed by atoms with van der Waals surface area (Å²) in [5.41, 5.74) is 0. The molecule has 1 saturated carbocycles. The van der Waals surface area contributed by atoms with E-state index in [1.807, 2.05) is 0 Å². The number of nitrogens with one attached hydrogen (secondary N) is 3. The van der Waals surface area contributed by atoms with Gasteiger partial charge >= 0.3 is 12.0 Å². The number of hydrogen-bond donors (Lipinski definition) is 3. The highest BCUT2D eigenvalue weighted by atomic mass is 35.5. The molecule has 0 heterocycles. The molecule has 0 aromatic heterocycles. The molecule has 166 valence electrons. The van der Waals surface area contributed by atoms with Crippen LogP contribution in [-0.4, -0.2) is 45.0 Å². The summed E-state index contributed by atoms with van der Waals surface area (Å²) in [4.78, 5) is 35.4. The summed E-state index contributed by atoms with van der Waals surface area (Å²) in [6, 6.07) is 3.65. The molecule has 9 nitrogen and oxygen atoms in total. The molecule has 0 saturated heterocycles. The van der Waals surface area contributed by atoms with Gasteiger partial charge in [0.15, 0.2) is 6.10 Å². The molecule has 0 radical (unpaired) electrons. The molecular weight excluding hydrogens is 457 g/mol. The van der Waals surface area contributed by atoms with Gasteiger partial charge < -0.3 is 10.1 Å². The highest BCUT2D eigenvalue weighted by Gasteiger charge is 2.24. The van der Waals surface area contributed by atoms with E-state index in [0.717, 1.165) is 25.7 Å². The number of imide groups is 1. The zero-order valence-electron chi connectivity index (χ0n) is 16.2. The third-order valence-electron chi connectivity index (χ3n) is 4.41. The quantitative estimate of drug-likeness (QED) is 0.490. The van der Waals surface area contributed by atoms with Crippen LogP contribution in [0.3, 0.4) is 0 Å². The molecule has 1 fully saturated rings. The Morgan fingerprint density at radius 2 is 1.77 bits per heavy atom. The molecule has 2 rings (SSSR count). The first-order valence-electron chi connectivity index (χ1n) is 9.34. The highest BCUT2D eigenvalue weighted by molar-refractivity contribution is 7.89. The van der Waals surface area contributed by atoms with E-state index in [0.29, 0.717) is 0 Å². The Bertz CT molecular complexity index is 883. The van der Waals surface area contributed by atoms with Crippen LogP contribution in [0.5, 0.6) is 0 Å². The lowest BCUT2D eigenvalue weighted by molar-refractivity contribution is -0.154. The maximum absolute atomic E-state index is 12.3. The van der Waals surface area contributed by atoms with Crippen LogP contribution in [0, 0.1) is 0 Å². The molecule has 12 heteroatoms. The molecule has 1 aliphatic carbocycles. The number of urea groups is 1. The molecule has 1 aliphatic rings. The van der Waals surface area contributed by atoms with Crippen molar-refractivity contribution in [2.24, 2.45) is 0 Å². The summed E-state index contributed by atoms with van der Waals surface area (Å²) in [6.07, 6.45) is 2.22. The fourth-order valence-electron chi connectivity index (χ4n) is 2.91. The van der Waals surface area contributed by atoms with Gasteiger partial charge in [0.25, 0.3) is 5.91 Å². The number of carbonyl (C=O) groups is 3. The van der Waals surface area contributed by atoms with E-state index in [1.54, 1.807) is 0 Å². The number of rotatable bonds is 8. The molecule has 0 bridgehead atoms. The predicted molar refractivity (Wildman–Crippen MR) is 111 cm³/mol. The lowest BCUT2D eigenvalue weighted by Gasteiger charge is -2.15.